The molecule has 0 radical (unpaired) electrons. The van der Waals surface area contributed by atoms with Gasteiger partial charge in [-0.1, -0.05) is 20.8 Å². The Balaban J connectivity index is 3.32. The average Bonchev–Trinajstić information content (AvgIpc) is 2.39. The van der Waals surface area contributed by atoms with Gasteiger partial charge in [-0.05, 0) is 48.8 Å². The van der Waals surface area contributed by atoms with Gasteiger partial charge in [-0.15, -0.1) is 0 Å². The number of nitrogens with two attached hydrogens (primary N) is 1. The summed E-state index contributed by atoms with van der Waals surface area (Å²) in [6, 6.07) is 0. The second kappa shape index (κ2) is 6.65. The van der Waals surface area contributed by atoms with Crippen molar-refractivity contribution in [2.75, 3.05) is 12.3 Å². The highest BCUT2D eigenvalue weighted by molar-refractivity contribution is 14.1. The molecule has 0 atom stereocenters. The molecule has 0 spiro atoms. The molecule has 0 bridgehead atoms. The number of anilines is 1. The lowest BCUT2D eigenvalue weighted by atomic mass is 9.95. The minimum Gasteiger partial charge on any atom is -0.383 e. The maximum absolute atomic E-state index is 5.99. The summed E-state index contributed by atoms with van der Waals surface area (Å²) >= 11 is 2.20. The molecular formula is C13H22IN3O. The standard InChI is InChI=1S/C13H22IN3O/c1-5-9-10(14)11(15)17-12(16-9)13(6-2,7-3)18-8-4/h5-8H2,1-4H3,(H2,15,16,17). The van der Waals surface area contributed by atoms with E-state index >= 15 is 0 Å². The second-order valence-electron chi connectivity index (χ2n) is 4.18. The lowest BCUT2D eigenvalue weighted by Gasteiger charge is -2.30. The Morgan fingerprint density at radius 2 is 1.78 bits per heavy atom. The summed E-state index contributed by atoms with van der Waals surface area (Å²) in [5, 5.41) is 0. The van der Waals surface area contributed by atoms with Gasteiger partial charge in [-0.25, -0.2) is 9.97 Å². The van der Waals surface area contributed by atoms with Crippen LogP contribution in [0.4, 0.5) is 5.82 Å². The zero-order valence-corrected chi connectivity index (χ0v) is 13.7. The van der Waals surface area contributed by atoms with Crippen molar-refractivity contribution in [3.63, 3.8) is 0 Å². The minimum absolute atomic E-state index is 0.406. The third-order valence-corrected chi connectivity index (χ3v) is 4.43. The molecule has 0 aliphatic carbocycles. The summed E-state index contributed by atoms with van der Waals surface area (Å²) in [7, 11) is 0. The number of aromatic nitrogens is 2. The van der Waals surface area contributed by atoms with Crippen LogP contribution in [0.3, 0.4) is 0 Å². The molecule has 1 aromatic rings. The zero-order chi connectivity index (χ0) is 13.8. The van der Waals surface area contributed by atoms with E-state index in [0.717, 1.165) is 34.4 Å². The van der Waals surface area contributed by atoms with Gasteiger partial charge in [0.1, 0.15) is 11.4 Å². The first-order chi connectivity index (χ1) is 8.54. The Morgan fingerprint density at radius 3 is 2.22 bits per heavy atom. The third kappa shape index (κ3) is 2.93. The van der Waals surface area contributed by atoms with E-state index in [-0.39, 0.29) is 0 Å². The monoisotopic (exact) mass is 363 g/mol. The number of aryl methyl sites for hydroxylation is 1. The Bertz CT molecular complexity index is 405. The van der Waals surface area contributed by atoms with Crippen molar-refractivity contribution < 1.29 is 4.74 Å². The van der Waals surface area contributed by atoms with Gasteiger partial charge in [0, 0.05) is 6.61 Å². The molecule has 4 nitrogen and oxygen atoms in total. The van der Waals surface area contributed by atoms with Crippen molar-refractivity contribution in [2.45, 2.75) is 52.6 Å². The number of nitrogens with zero attached hydrogens (tertiary/aromatic N) is 2. The van der Waals surface area contributed by atoms with Gasteiger partial charge in [0.05, 0.1) is 9.26 Å². The van der Waals surface area contributed by atoms with Gasteiger partial charge in [0.25, 0.3) is 0 Å². The van der Waals surface area contributed by atoms with E-state index in [2.05, 4.69) is 53.3 Å². The first-order valence-electron chi connectivity index (χ1n) is 6.50. The van der Waals surface area contributed by atoms with Crippen LogP contribution in [-0.4, -0.2) is 16.6 Å². The highest BCUT2D eigenvalue weighted by Gasteiger charge is 2.33. The van der Waals surface area contributed by atoms with Gasteiger partial charge in [-0.3, -0.25) is 0 Å². The highest BCUT2D eigenvalue weighted by atomic mass is 127. The molecule has 2 N–H and O–H groups in total. The molecule has 5 heteroatoms. The van der Waals surface area contributed by atoms with Crippen LogP contribution < -0.4 is 5.73 Å². The zero-order valence-electron chi connectivity index (χ0n) is 11.6. The summed E-state index contributed by atoms with van der Waals surface area (Å²) in [6.07, 6.45) is 2.55. The van der Waals surface area contributed by atoms with Gasteiger partial charge >= 0.3 is 0 Å². The molecule has 0 amide bonds. The number of halogens is 1. The van der Waals surface area contributed by atoms with Crippen LogP contribution in [0.5, 0.6) is 0 Å². The summed E-state index contributed by atoms with van der Waals surface area (Å²) in [5.74, 6) is 1.28. The predicted molar refractivity (Wildman–Crippen MR) is 82.4 cm³/mol. The molecule has 1 heterocycles. The fraction of sp³-hybridized carbons (Fsp3) is 0.692. The number of hydrogen-bond acceptors (Lipinski definition) is 4. The van der Waals surface area contributed by atoms with Crippen LogP contribution in [0.25, 0.3) is 0 Å². The average molecular weight is 363 g/mol. The Labute approximate surface area is 123 Å². The Morgan fingerprint density at radius 1 is 1.17 bits per heavy atom. The number of rotatable bonds is 6. The van der Waals surface area contributed by atoms with Crippen molar-refractivity contribution >= 4 is 28.4 Å². The molecular weight excluding hydrogens is 341 g/mol. The van der Waals surface area contributed by atoms with E-state index < -0.39 is 5.60 Å². The van der Waals surface area contributed by atoms with Crippen LogP contribution in [0.15, 0.2) is 0 Å². The van der Waals surface area contributed by atoms with Crippen molar-refractivity contribution in [1.29, 1.82) is 0 Å². The summed E-state index contributed by atoms with van der Waals surface area (Å²) in [6.45, 7) is 8.92. The van der Waals surface area contributed by atoms with Crippen LogP contribution in [0, 0.1) is 3.57 Å². The Kier molecular flexibility index (Phi) is 5.78. The number of ether oxygens (including phenoxy) is 1. The maximum atomic E-state index is 5.99. The first kappa shape index (κ1) is 15.6. The van der Waals surface area contributed by atoms with Gasteiger partial charge in [-0.2, -0.15) is 0 Å². The molecule has 0 aliphatic heterocycles. The molecule has 102 valence electrons. The minimum atomic E-state index is -0.406. The molecule has 18 heavy (non-hydrogen) atoms. The highest BCUT2D eigenvalue weighted by Crippen LogP contribution is 2.32. The lowest BCUT2D eigenvalue weighted by Crippen LogP contribution is -2.32. The van der Waals surface area contributed by atoms with Crippen molar-refractivity contribution in [3.05, 3.63) is 15.1 Å². The smallest absolute Gasteiger partial charge is 0.162 e. The largest absolute Gasteiger partial charge is 0.383 e. The fourth-order valence-electron chi connectivity index (χ4n) is 2.06. The van der Waals surface area contributed by atoms with Crippen LogP contribution >= 0.6 is 22.6 Å². The Hall–Kier alpha value is -0.430. The molecule has 0 saturated carbocycles. The van der Waals surface area contributed by atoms with Crippen LogP contribution in [0.1, 0.15) is 52.1 Å². The van der Waals surface area contributed by atoms with E-state index in [4.69, 9.17) is 10.5 Å². The topological polar surface area (TPSA) is 61.0 Å². The molecule has 0 saturated heterocycles. The molecule has 0 aliphatic rings. The third-order valence-electron chi connectivity index (χ3n) is 3.25. The lowest BCUT2D eigenvalue weighted by molar-refractivity contribution is -0.0572. The van der Waals surface area contributed by atoms with Gasteiger partial charge in [0.15, 0.2) is 5.82 Å². The summed E-state index contributed by atoms with van der Waals surface area (Å²) in [4.78, 5) is 9.11. The molecule has 0 aromatic carbocycles. The SMILES string of the molecule is CCOC(CC)(CC)c1nc(N)c(I)c(CC)n1. The van der Waals surface area contributed by atoms with Crippen molar-refractivity contribution in [1.82, 2.24) is 9.97 Å². The van der Waals surface area contributed by atoms with Crippen molar-refractivity contribution in [2.24, 2.45) is 0 Å². The molecule has 0 unspecified atom stereocenters. The molecule has 1 rings (SSSR count). The molecule has 0 fully saturated rings. The quantitative estimate of drug-likeness (QED) is 0.788. The first-order valence-corrected chi connectivity index (χ1v) is 7.58. The fourth-order valence-corrected chi connectivity index (χ4v) is 2.68. The van der Waals surface area contributed by atoms with Gasteiger partial charge in [0.2, 0.25) is 0 Å². The number of hydrogen-bond donors (Lipinski definition) is 1. The van der Waals surface area contributed by atoms with Crippen LogP contribution in [0.2, 0.25) is 0 Å². The number of nitrogen functional groups attached to an aromatic ring is 1. The van der Waals surface area contributed by atoms with E-state index in [0.29, 0.717) is 12.4 Å². The van der Waals surface area contributed by atoms with E-state index in [1.54, 1.807) is 0 Å². The van der Waals surface area contributed by atoms with E-state index in [1.165, 1.54) is 0 Å². The maximum Gasteiger partial charge on any atom is 0.162 e. The van der Waals surface area contributed by atoms with E-state index in [1.807, 2.05) is 6.92 Å². The summed E-state index contributed by atoms with van der Waals surface area (Å²) in [5.41, 5.74) is 6.58. The van der Waals surface area contributed by atoms with Gasteiger partial charge < -0.3 is 10.5 Å². The van der Waals surface area contributed by atoms with Crippen LogP contribution in [-0.2, 0) is 16.8 Å². The van der Waals surface area contributed by atoms with Crippen molar-refractivity contribution in [3.8, 4) is 0 Å². The molecule has 1 aromatic heterocycles. The van der Waals surface area contributed by atoms with E-state index in [9.17, 15) is 0 Å². The predicted octanol–water partition coefficient (Wildman–Crippen LogP) is 3.28. The normalized spacial score (nSPS) is 11.8. The second-order valence-corrected chi connectivity index (χ2v) is 5.26. The summed E-state index contributed by atoms with van der Waals surface area (Å²) < 4.78 is 6.88.